The molecule has 0 atom stereocenters. The van der Waals surface area contributed by atoms with Gasteiger partial charge in [-0.05, 0) is 34.1 Å². The smallest absolute Gasteiger partial charge is 0.346 e. The molecular weight excluding hydrogens is 254 g/mol. The Balaban J connectivity index is 3.00. The van der Waals surface area contributed by atoms with Gasteiger partial charge < -0.3 is 5.11 Å². The SMILES string of the molecule is N#CC(=Cc1ccc(Br)s1)C(=O)O. The summed E-state index contributed by atoms with van der Waals surface area (Å²) in [5.41, 5.74) is -0.255. The van der Waals surface area contributed by atoms with E-state index >= 15 is 0 Å². The second-order valence-corrected chi connectivity index (χ2v) is 4.61. The predicted octanol–water partition coefficient (Wildman–Crippen LogP) is 2.50. The minimum Gasteiger partial charge on any atom is -0.477 e. The molecule has 0 aromatic carbocycles. The Morgan fingerprint density at radius 1 is 1.69 bits per heavy atom. The third kappa shape index (κ3) is 2.68. The molecule has 0 aliphatic heterocycles. The second kappa shape index (κ2) is 4.21. The molecule has 0 saturated carbocycles. The number of nitrogens with zero attached hydrogens (tertiary/aromatic N) is 1. The van der Waals surface area contributed by atoms with Crippen LogP contribution in [0.4, 0.5) is 0 Å². The molecule has 0 aliphatic rings. The normalized spacial score (nSPS) is 10.9. The third-order valence-corrected chi connectivity index (χ3v) is 2.80. The summed E-state index contributed by atoms with van der Waals surface area (Å²) < 4.78 is 0.904. The molecule has 0 saturated heterocycles. The van der Waals surface area contributed by atoms with Gasteiger partial charge >= 0.3 is 5.97 Å². The Morgan fingerprint density at radius 2 is 2.38 bits per heavy atom. The minimum absolute atomic E-state index is 0.255. The van der Waals surface area contributed by atoms with Crippen LogP contribution in [-0.4, -0.2) is 11.1 Å². The van der Waals surface area contributed by atoms with Crippen LogP contribution in [-0.2, 0) is 4.79 Å². The quantitative estimate of drug-likeness (QED) is 0.654. The first-order valence-electron chi connectivity index (χ1n) is 3.24. The fraction of sp³-hybridized carbons (Fsp3) is 0. The first-order valence-corrected chi connectivity index (χ1v) is 4.85. The molecule has 0 spiro atoms. The van der Waals surface area contributed by atoms with E-state index < -0.39 is 5.97 Å². The van der Waals surface area contributed by atoms with Gasteiger partial charge in [0.05, 0.1) is 3.79 Å². The molecule has 0 fully saturated rings. The standard InChI is InChI=1S/C8H4BrNO2S/c9-7-2-1-6(13-7)3-5(4-10)8(11)12/h1-3H,(H,11,12). The maximum Gasteiger partial charge on any atom is 0.346 e. The number of carbonyl (C=O) groups is 1. The highest BCUT2D eigenvalue weighted by atomic mass is 79.9. The van der Waals surface area contributed by atoms with E-state index in [4.69, 9.17) is 10.4 Å². The van der Waals surface area contributed by atoms with E-state index in [0.29, 0.717) is 0 Å². The maximum absolute atomic E-state index is 10.4. The summed E-state index contributed by atoms with van der Waals surface area (Å²) in [7, 11) is 0. The topological polar surface area (TPSA) is 61.1 Å². The van der Waals surface area contributed by atoms with Crippen LogP contribution in [0.3, 0.4) is 0 Å². The van der Waals surface area contributed by atoms with Crippen molar-refractivity contribution in [1.29, 1.82) is 5.26 Å². The van der Waals surface area contributed by atoms with Gasteiger partial charge in [-0.3, -0.25) is 0 Å². The second-order valence-electron chi connectivity index (χ2n) is 2.12. The molecule has 13 heavy (non-hydrogen) atoms. The van der Waals surface area contributed by atoms with E-state index in [0.717, 1.165) is 8.66 Å². The maximum atomic E-state index is 10.4. The zero-order valence-corrected chi connectivity index (χ0v) is 8.72. The third-order valence-electron chi connectivity index (χ3n) is 1.23. The van der Waals surface area contributed by atoms with Crippen LogP contribution in [0.5, 0.6) is 0 Å². The van der Waals surface area contributed by atoms with E-state index in [1.165, 1.54) is 17.4 Å². The van der Waals surface area contributed by atoms with Gasteiger partial charge in [-0.15, -0.1) is 11.3 Å². The van der Waals surface area contributed by atoms with Crippen molar-refractivity contribution in [2.45, 2.75) is 0 Å². The van der Waals surface area contributed by atoms with Crippen LogP contribution in [0.25, 0.3) is 6.08 Å². The summed E-state index contributed by atoms with van der Waals surface area (Å²) >= 11 is 4.61. The Hall–Kier alpha value is -1.12. The van der Waals surface area contributed by atoms with Crippen molar-refractivity contribution in [3.63, 3.8) is 0 Å². The van der Waals surface area contributed by atoms with Crippen molar-refractivity contribution in [3.8, 4) is 6.07 Å². The number of rotatable bonds is 2. The lowest BCUT2D eigenvalue weighted by Gasteiger charge is -1.86. The molecule has 3 nitrogen and oxygen atoms in total. The summed E-state index contributed by atoms with van der Waals surface area (Å²) in [6.07, 6.45) is 1.34. The number of carboxylic acids is 1. The van der Waals surface area contributed by atoms with Gasteiger partial charge in [-0.25, -0.2) is 4.79 Å². The molecule has 66 valence electrons. The Bertz CT molecular complexity index is 403. The average Bonchev–Trinajstić information content (AvgIpc) is 2.46. The summed E-state index contributed by atoms with van der Waals surface area (Å²) in [5, 5.41) is 17.0. The molecule has 0 amide bonds. The Morgan fingerprint density at radius 3 is 2.77 bits per heavy atom. The number of hydrogen-bond donors (Lipinski definition) is 1. The highest BCUT2D eigenvalue weighted by molar-refractivity contribution is 9.11. The number of thiophene rings is 1. The molecule has 1 aromatic heterocycles. The van der Waals surface area contributed by atoms with Gasteiger partial charge in [-0.1, -0.05) is 0 Å². The predicted molar refractivity (Wildman–Crippen MR) is 53.2 cm³/mol. The zero-order chi connectivity index (χ0) is 9.84. The number of halogens is 1. The van der Waals surface area contributed by atoms with Crippen LogP contribution in [0, 0.1) is 11.3 Å². The molecule has 0 radical (unpaired) electrons. The lowest BCUT2D eigenvalue weighted by molar-refractivity contribution is -0.132. The Kier molecular flexibility index (Phi) is 3.23. The first kappa shape index (κ1) is 9.96. The van der Waals surface area contributed by atoms with Gasteiger partial charge in [0.25, 0.3) is 0 Å². The number of hydrogen-bond acceptors (Lipinski definition) is 3. The van der Waals surface area contributed by atoms with Gasteiger partial charge in [0.2, 0.25) is 0 Å². The van der Waals surface area contributed by atoms with Crippen molar-refractivity contribution >= 4 is 39.3 Å². The molecule has 1 N–H and O–H groups in total. The Labute approximate surface area is 87.1 Å². The van der Waals surface area contributed by atoms with Crippen molar-refractivity contribution in [3.05, 3.63) is 26.4 Å². The summed E-state index contributed by atoms with van der Waals surface area (Å²) in [6, 6.07) is 5.16. The van der Waals surface area contributed by atoms with Gasteiger partial charge in [0, 0.05) is 4.88 Å². The fourth-order valence-corrected chi connectivity index (χ4v) is 2.06. The molecule has 0 aliphatic carbocycles. The fourth-order valence-electron chi connectivity index (χ4n) is 0.690. The van der Waals surface area contributed by atoms with Crippen LogP contribution in [0.1, 0.15) is 4.88 Å². The number of nitriles is 1. The van der Waals surface area contributed by atoms with Crippen molar-refractivity contribution < 1.29 is 9.90 Å². The highest BCUT2D eigenvalue weighted by Gasteiger charge is 2.06. The van der Waals surface area contributed by atoms with Crippen molar-refractivity contribution in [2.75, 3.05) is 0 Å². The average molecular weight is 258 g/mol. The van der Waals surface area contributed by atoms with Gasteiger partial charge in [0.1, 0.15) is 11.6 Å². The van der Waals surface area contributed by atoms with Crippen LogP contribution in [0.2, 0.25) is 0 Å². The molecule has 1 rings (SSSR count). The number of aliphatic carboxylic acids is 1. The minimum atomic E-state index is -1.20. The van der Waals surface area contributed by atoms with E-state index in [1.54, 1.807) is 18.2 Å². The summed E-state index contributed by atoms with van der Waals surface area (Å²) in [4.78, 5) is 11.2. The van der Waals surface area contributed by atoms with Crippen molar-refractivity contribution in [1.82, 2.24) is 0 Å². The van der Waals surface area contributed by atoms with E-state index in [-0.39, 0.29) is 5.57 Å². The van der Waals surface area contributed by atoms with E-state index in [1.807, 2.05) is 0 Å². The van der Waals surface area contributed by atoms with Crippen molar-refractivity contribution in [2.24, 2.45) is 0 Å². The lowest BCUT2D eigenvalue weighted by atomic mass is 10.2. The van der Waals surface area contributed by atoms with Crippen LogP contribution >= 0.6 is 27.3 Å². The highest BCUT2D eigenvalue weighted by Crippen LogP contribution is 2.23. The largest absolute Gasteiger partial charge is 0.477 e. The van der Waals surface area contributed by atoms with Crippen LogP contribution in [0.15, 0.2) is 21.5 Å². The summed E-state index contributed by atoms with van der Waals surface area (Å²) in [5.74, 6) is -1.20. The lowest BCUT2D eigenvalue weighted by Crippen LogP contribution is -1.96. The zero-order valence-electron chi connectivity index (χ0n) is 6.32. The molecule has 0 bridgehead atoms. The van der Waals surface area contributed by atoms with E-state index in [2.05, 4.69) is 15.9 Å². The van der Waals surface area contributed by atoms with Gasteiger partial charge in [-0.2, -0.15) is 5.26 Å². The number of carboxylic acid groups (broad SMARTS) is 1. The van der Waals surface area contributed by atoms with Gasteiger partial charge in [0.15, 0.2) is 0 Å². The van der Waals surface area contributed by atoms with E-state index in [9.17, 15) is 4.79 Å². The first-order chi connectivity index (χ1) is 6.13. The summed E-state index contributed by atoms with van der Waals surface area (Å²) in [6.45, 7) is 0. The molecular formula is C8H4BrNO2S. The molecule has 5 heteroatoms. The molecule has 0 unspecified atom stereocenters. The molecule has 1 heterocycles. The molecule has 1 aromatic rings. The monoisotopic (exact) mass is 257 g/mol. The van der Waals surface area contributed by atoms with Crippen LogP contribution < -0.4 is 0 Å².